The normalized spacial score (nSPS) is 23.2. The SMILES string of the molecule is CCn1cc(C(C)NCC2CCCCN2C)cn1. The first-order valence-electron chi connectivity index (χ1n) is 7.16. The van der Waals surface area contributed by atoms with E-state index in [-0.39, 0.29) is 0 Å². The van der Waals surface area contributed by atoms with Crippen molar-refractivity contribution in [3.05, 3.63) is 18.0 Å². The van der Waals surface area contributed by atoms with Gasteiger partial charge < -0.3 is 10.2 Å². The molecule has 2 heterocycles. The number of hydrogen-bond acceptors (Lipinski definition) is 3. The number of nitrogens with zero attached hydrogens (tertiary/aromatic N) is 3. The van der Waals surface area contributed by atoms with E-state index in [1.807, 2.05) is 10.9 Å². The molecule has 1 aliphatic rings. The molecule has 1 N–H and O–H groups in total. The van der Waals surface area contributed by atoms with Gasteiger partial charge in [-0.2, -0.15) is 5.10 Å². The van der Waals surface area contributed by atoms with Gasteiger partial charge in [-0.25, -0.2) is 0 Å². The van der Waals surface area contributed by atoms with Gasteiger partial charge in [0.25, 0.3) is 0 Å². The maximum Gasteiger partial charge on any atom is 0.0537 e. The van der Waals surface area contributed by atoms with Crippen LogP contribution in [0.2, 0.25) is 0 Å². The molecular formula is C14H26N4. The van der Waals surface area contributed by atoms with Crippen LogP contribution in [0.5, 0.6) is 0 Å². The van der Waals surface area contributed by atoms with Crippen LogP contribution in [0.1, 0.15) is 44.7 Å². The summed E-state index contributed by atoms with van der Waals surface area (Å²) in [5.41, 5.74) is 1.29. The number of aryl methyl sites for hydroxylation is 1. The van der Waals surface area contributed by atoms with Crippen molar-refractivity contribution in [2.45, 2.75) is 51.7 Å². The lowest BCUT2D eigenvalue weighted by atomic mass is 10.0. The molecule has 1 aromatic heterocycles. The van der Waals surface area contributed by atoms with Crippen molar-refractivity contribution in [3.63, 3.8) is 0 Å². The van der Waals surface area contributed by atoms with Gasteiger partial charge in [0.2, 0.25) is 0 Å². The van der Waals surface area contributed by atoms with E-state index in [0.29, 0.717) is 12.1 Å². The molecule has 1 saturated heterocycles. The van der Waals surface area contributed by atoms with Gasteiger partial charge in [-0.3, -0.25) is 4.68 Å². The maximum atomic E-state index is 4.33. The Morgan fingerprint density at radius 3 is 3.00 bits per heavy atom. The summed E-state index contributed by atoms with van der Waals surface area (Å²) in [6.45, 7) is 7.60. The van der Waals surface area contributed by atoms with Crippen LogP contribution in [0, 0.1) is 0 Å². The summed E-state index contributed by atoms with van der Waals surface area (Å²) in [6, 6.07) is 1.09. The van der Waals surface area contributed by atoms with E-state index in [4.69, 9.17) is 0 Å². The second kappa shape index (κ2) is 6.34. The largest absolute Gasteiger partial charge is 0.309 e. The number of nitrogens with one attached hydrogen (secondary N) is 1. The van der Waals surface area contributed by atoms with Crippen molar-refractivity contribution in [1.82, 2.24) is 20.0 Å². The second-order valence-corrected chi connectivity index (χ2v) is 5.39. The standard InChI is InChI=1S/C14H26N4/c1-4-18-11-13(9-16-18)12(2)15-10-14-7-5-6-8-17(14)3/h9,11-12,14-15H,4-8,10H2,1-3H3. The van der Waals surface area contributed by atoms with E-state index in [1.54, 1.807) is 0 Å². The van der Waals surface area contributed by atoms with Gasteiger partial charge in [-0.05, 0) is 40.3 Å². The van der Waals surface area contributed by atoms with Gasteiger partial charge in [0.15, 0.2) is 0 Å². The quantitative estimate of drug-likeness (QED) is 0.868. The molecular weight excluding hydrogens is 224 g/mol. The third kappa shape index (κ3) is 3.33. The van der Waals surface area contributed by atoms with E-state index >= 15 is 0 Å². The van der Waals surface area contributed by atoms with E-state index < -0.39 is 0 Å². The van der Waals surface area contributed by atoms with E-state index in [0.717, 1.165) is 13.1 Å². The fraction of sp³-hybridized carbons (Fsp3) is 0.786. The van der Waals surface area contributed by atoms with E-state index in [2.05, 4.69) is 42.4 Å². The van der Waals surface area contributed by atoms with Gasteiger partial charge in [0.05, 0.1) is 6.20 Å². The van der Waals surface area contributed by atoms with Gasteiger partial charge in [-0.1, -0.05) is 6.42 Å². The zero-order chi connectivity index (χ0) is 13.0. The number of aromatic nitrogens is 2. The van der Waals surface area contributed by atoms with E-state index in [9.17, 15) is 0 Å². The van der Waals surface area contributed by atoms with Gasteiger partial charge in [-0.15, -0.1) is 0 Å². The van der Waals surface area contributed by atoms with Crippen molar-refractivity contribution in [2.75, 3.05) is 20.1 Å². The van der Waals surface area contributed by atoms with Crippen LogP contribution in [0.4, 0.5) is 0 Å². The van der Waals surface area contributed by atoms with E-state index in [1.165, 1.54) is 31.4 Å². The van der Waals surface area contributed by atoms with Crippen molar-refractivity contribution in [3.8, 4) is 0 Å². The number of likely N-dealkylation sites (N-methyl/N-ethyl adjacent to an activating group) is 1. The Morgan fingerprint density at radius 1 is 1.50 bits per heavy atom. The smallest absolute Gasteiger partial charge is 0.0537 e. The Hall–Kier alpha value is -0.870. The highest BCUT2D eigenvalue weighted by molar-refractivity contribution is 5.09. The zero-order valence-electron chi connectivity index (χ0n) is 11.9. The molecule has 1 fully saturated rings. The molecule has 2 atom stereocenters. The molecule has 1 aliphatic heterocycles. The summed E-state index contributed by atoms with van der Waals surface area (Å²) in [7, 11) is 2.24. The Labute approximate surface area is 110 Å². The first-order chi connectivity index (χ1) is 8.70. The summed E-state index contributed by atoms with van der Waals surface area (Å²) in [6.07, 6.45) is 8.17. The average Bonchev–Trinajstić information content (AvgIpc) is 2.86. The molecule has 0 saturated carbocycles. The van der Waals surface area contributed by atoms with Crippen molar-refractivity contribution in [2.24, 2.45) is 0 Å². The highest BCUT2D eigenvalue weighted by Gasteiger charge is 2.19. The Bertz CT molecular complexity index is 360. The lowest BCUT2D eigenvalue weighted by Crippen LogP contribution is -2.43. The number of rotatable bonds is 5. The molecule has 2 unspecified atom stereocenters. The molecule has 0 aliphatic carbocycles. The highest BCUT2D eigenvalue weighted by Crippen LogP contribution is 2.16. The van der Waals surface area contributed by atoms with Crippen molar-refractivity contribution < 1.29 is 0 Å². The molecule has 0 amide bonds. The van der Waals surface area contributed by atoms with Gasteiger partial charge >= 0.3 is 0 Å². The Kier molecular flexibility index (Phi) is 4.78. The minimum Gasteiger partial charge on any atom is -0.309 e. The van der Waals surface area contributed by atoms with Crippen LogP contribution in [0.25, 0.3) is 0 Å². The lowest BCUT2D eigenvalue weighted by Gasteiger charge is -2.33. The molecule has 18 heavy (non-hydrogen) atoms. The summed E-state index contributed by atoms with van der Waals surface area (Å²) in [5.74, 6) is 0. The third-order valence-corrected chi connectivity index (χ3v) is 4.06. The zero-order valence-corrected chi connectivity index (χ0v) is 11.9. The first-order valence-corrected chi connectivity index (χ1v) is 7.16. The summed E-state index contributed by atoms with van der Waals surface area (Å²) in [5, 5.41) is 7.97. The molecule has 0 bridgehead atoms. The molecule has 0 spiro atoms. The first kappa shape index (κ1) is 13.6. The Morgan fingerprint density at radius 2 is 2.33 bits per heavy atom. The minimum absolute atomic E-state index is 0.389. The second-order valence-electron chi connectivity index (χ2n) is 5.39. The maximum absolute atomic E-state index is 4.33. The summed E-state index contributed by atoms with van der Waals surface area (Å²) >= 11 is 0. The molecule has 1 aromatic rings. The third-order valence-electron chi connectivity index (χ3n) is 4.06. The lowest BCUT2D eigenvalue weighted by molar-refractivity contribution is 0.178. The summed E-state index contributed by atoms with van der Waals surface area (Å²) < 4.78 is 1.99. The molecule has 4 heteroatoms. The molecule has 0 radical (unpaired) electrons. The van der Waals surface area contributed by atoms with Crippen molar-refractivity contribution >= 4 is 0 Å². The molecule has 4 nitrogen and oxygen atoms in total. The van der Waals surface area contributed by atoms with Crippen LogP contribution < -0.4 is 5.32 Å². The molecule has 0 aromatic carbocycles. The van der Waals surface area contributed by atoms with Crippen LogP contribution >= 0.6 is 0 Å². The number of piperidine rings is 1. The van der Waals surface area contributed by atoms with Crippen LogP contribution in [-0.2, 0) is 6.54 Å². The summed E-state index contributed by atoms with van der Waals surface area (Å²) in [4.78, 5) is 2.48. The van der Waals surface area contributed by atoms with Crippen molar-refractivity contribution in [1.29, 1.82) is 0 Å². The predicted octanol–water partition coefficient (Wildman–Crippen LogP) is 2.04. The van der Waals surface area contributed by atoms with Crippen LogP contribution in [-0.4, -0.2) is 40.9 Å². The fourth-order valence-electron chi connectivity index (χ4n) is 2.61. The van der Waals surface area contributed by atoms with Gasteiger partial charge in [0, 0.05) is 36.9 Å². The Balaban J connectivity index is 1.81. The van der Waals surface area contributed by atoms with Crippen LogP contribution in [0.3, 0.4) is 0 Å². The molecule has 102 valence electrons. The van der Waals surface area contributed by atoms with Crippen LogP contribution in [0.15, 0.2) is 12.4 Å². The average molecular weight is 250 g/mol. The highest BCUT2D eigenvalue weighted by atomic mass is 15.3. The minimum atomic E-state index is 0.389. The number of hydrogen-bond donors (Lipinski definition) is 1. The predicted molar refractivity (Wildman–Crippen MR) is 74.6 cm³/mol. The topological polar surface area (TPSA) is 33.1 Å². The van der Waals surface area contributed by atoms with Gasteiger partial charge in [0.1, 0.15) is 0 Å². The fourth-order valence-corrected chi connectivity index (χ4v) is 2.61. The number of likely N-dealkylation sites (tertiary alicyclic amines) is 1. The molecule has 2 rings (SSSR count). The monoisotopic (exact) mass is 250 g/mol.